The van der Waals surface area contributed by atoms with E-state index in [1.807, 2.05) is 68.4 Å². The predicted octanol–water partition coefficient (Wildman–Crippen LogP) is 5.37. The highest BCUT2D eigenvalue weighted by atomic mass is 16.5. The van der Waals surface area contributed by atoms with Crippen molar-refractivity contribution in [2.75, 3.05) is 0 Å². The van der Waals surface area contributed by atoms with Gasteiger partial charge in [0, 0.05) is 0 Å². The number of carbonyl (C=O) groups excluding carboxylic acids is 1. The van der Waals surface area contributed by atoms with E-state index in [0.717, 1.165) is 22.4 Å². The quantitative estimate of drug-likeness (QED) is 0.605. The van der Waals surface area contributed by atoms with Gasteiger partial charge >= 0.3 is 0 Å². The molecule has 3 heteroatoms. The Labute approximate surface area is 167 Å². The van der Waals surface area contributed by atoms with Crippen molar-refractivity contribution in [3.05, 3.63) is 101 Å². The summed E-state index contributed by atoms with van der Waals surface area (Å²) in [6.07, 6.45) is 0.0491. The molecule has 0 saturated carbocycles. The number of hydrogen-bond acceptors (Lipinski definition) is 2. The van der Waals surface area contributed by atoms with Gasteiger partial charge in [-0.3, -0.25) is 4.79 Å². The molecular weight excluding hydrogens is 346 g/mol. The average molecular weight is 373 g/mol. The Morgan fingerprint density at radius 1 is 0.857 bits per heavy atom. The molecule has 0 aliphatic heterocycles. The lowest BCUT2D eigenvalue weighted by molar-refractivity contribution is -0.128. The van der Waals surface area contributed by atoms with Gasteiger partial charge in [-0.25, -0.2) is 0 Å². The van der Waals surface area contributed by atoms with E-state index in [9.17, 15) is 4.79 Å². The zero-order valence-corrected chi connectivity index (χ0v) is 16.7. The molecule has 0 radical (unpaired) electrons. The number of hydrogen-bond donors (Lipinski definition) is 1. The molecule has 2 atom stereocenters. The topological polar surface area (TPSA) is 38.3 Å². The molecular formula is C25H27NO2. The van der Waals surface area contributed by atoms with Gasteiger partial charge in [0.2, 0.25) is 0 Å². The molecule has 0 spiro atoms. The summed E-state index contributed by atoms with van der Waals surface area (Å²) in [4.78, 5) is 13.1. The Morgan fingerprint density at radius 3 is 2.11 bits per heavy atom. The monoisotopic (exact) mass is 373 g/mol. The number of benzene rings is 3. The van der Waals surface area contributed by atoms with Crippen molar-refractivity contribution in [3.63, 3.8) is 0 Å². The summed E-state index contributed by atoms with van der Waals surface area (Å²) in [7, 11) is 0. The van der Waals surface area contributed by atoms with E-state index in [1.165, 1.54) is 5.56 Å². The van der Waals surface area contributed by atoms with Gasteiger partial charge in [0.25, 0.3) is 5.91 Å². The Bertz CT molecular complexity index is 903. The zero-order chi connectivity index (χ0) is 19.9. The third kappa shape index (κ3) is 4.80. The van der Waals surface area contributed by atoms with Crippen LogP contribution >= 0.6 is 0 Å². The molecule has 0 aliphatic rings. The molecule has 0 saturated heterocycles. The number of nitrogens with one attached hydrogen (secondary N) is 1. The van der Waals surface area contributed by atoms with E-state index in [4.69, 9.17) is 4.74 Å². The number of ether oxygens (including phenoxy) is 1. The summed E-state index contributed by atoms with van der Waals surface area (Å²) in [5.41, 5.74) is 4.31. The predicted molar refractivity (Wildman–Crippen MR) is 113 cm³/mol. The first-order valence-electron chi connectivity index (χ1n) is 9.72. The molecule has 3 nitrogen and oxygen atoms in total. The van der Waals surface area contributed by atoms with Crippen molar-refractivity contribution in [2.45, 2.75) is 39.3 Å². The summed E-state index contributed by atoms with van der Waals surface area (Å²) in [5.74, 6) is 0.635. The van der Waals surface area contributed by atoms with Crippen molar-refractivity contribution in [1.29, 1.82) is 0 Å². The average Bonchev–Trinajstić information content (AvgIpc) is 2.72. The molecule has 3 aromatic carbocycles. The molecule has 1 amide bonds. The maximum absolute atomic E-state index is 13.1. The van der Waals surface area contributed by atoms with Crippen molar-refractivity contribution in [3.8, 4) is 5.75 Å². The van der Waals surface area contributed by atoms with Crippen LogP contribution in [0.4, 0.5) is 0 Å². The molecule has 3 aromatic rings. The standard InChI is InChI=1S/C25H27NO2/c1-4-22(28-23-13-9-8-10-19(23)3)25(27)26-24(20-11-6-5-7-12-20)21-16-14-18(2)15-17-21/h5-17,22,24H,4H2,1-3H3,(H,26,27)/t22-,24-/m1/s1. The first-order valence-corrected chi connectivity index (χ1v) is 9.72. The lowest BCUT2D eigenvalue weighted by Crippen LogP contribution is -2.40. The van der Waals surface area contributed by atoms with E-state index >= 15 is 0 Å². The van der Waals surface area contributed by atoms with Crippen LogP contribution in [0.15, 0.2) is 78.9 Å². The van der Waals surface area contributed by atoms with E-state index in [2.05, 4.69) is 36.5 Å². The molecule has 1 N–H and O–H groups in total. The summed E-state index contributed by atoms with van der Waals surface area (Å²) < 4.78 is 6.04. The molecule has 144 valence electrons. The van der Waals surface area contributed by atoms with Crippen LogP contribution in [0.25, 0.3) is 0 Å². The summed E-state index contributed by atoms with van der Waals surface area (Å²) >= 11 is 0. The molecule has 3 rings (SSSR count). The fraction of sp³-hybridized carbons (Fsp3) is 0.240. The van der Waals surface area contributed by atoms with Crippen molar-refractivity contribution in [1.82, 2.24) is 5.32 Å². The highest BCUT2D eigenvalue weighted by Crippen LogP contribution is 2.24. The Morgan fingerprint density at radius 2 is 1.46 bits per heavy atom. The van der Waals surface area contributed by atoms with Crippen LogP contribution < -0.4 is 10.1 Å². The van der Waals surface area contributed by atoms with Crippen LogP contribution in [-0.4, -0.2) is 12.0 Å². The second kappa shape index (κ2) is 9.23. The minimum absolute atomic E-state index is 0.111. The van der Waals surface area contributed by atoms with Crippen molar-refractivity contribution in [2.24, 2.45) is 0 Å². The van der Waals surface area contributed by atoms with E-state index in [-0.39, 0.29) is 11.9 Å². The zero-order valence-electron chi connectivity index (χ0n) is 16.7. The van der Waals surface area contributed by atoms with Gasteiger partial charge in [-0.1, -0.05) is 85.3 Å². The molecule has 0 bridgehead atoms. The van der Waals surface area contributed by atoms with Gasteiger partial charge in [0.1, 0.15) is 5.75 Å². The van der Waals surface area contributed by atoms with Crippen molar-refractivity contribution < 1.29 is 9.53 Å². The van der Waals surface area contributed by atoms with Gasteiger partial charge in [-0.05, 0) is 43.0 Å². The number of aryl methyl sites for hydroxylation is 2. The van der Waals surface area contributed by atoms with Gasteiger partial charge in [0.05, 0.1) is 6.04 Å². The minimum Gasteiger partial charge on any atom is -0.480 e. The van der Waals surface area contributed by atoms with Crippen LogP contribution in [0, 0.1) is 13.8 Å². The van der Waals surface area contributed by atoms with Crippen LogP contribution in [0.5, 0.6) is 5.75 Å². The third-order valence-electron chi connectivity index (χ3n) is 4.86. The number of rotatable bonds is 7. The highest BCUT2D eigenvalue weighted by molar-refractivity contribution is 5.82. The van der Waals surface area contributed by atoms with Crippen LogP contribution in [0.3, 0.4) is 0 Å². The molecule has 0 aromatic heterocycles. The van der Waals surface area contributed by atoms with E-state index in [0.29, 0.717) is 6.42 Å². The largest absolute Gasteiger partial charge is 0.480 e. The second-order valence-corrected chi connectivity index (χ2v) is 7.04. The summed E-state index contributed by atoms with van der Waals surface area (Å²) in [5, 5.41) is 3.20. The molecule has 0 aliphatic carbocycles. The third-order valence-corrected chi connectivity index (χ3v) is 4.86. The fourth-order valence-electron chi connectivity index (χ4n) is 3.16. The molecule has 0 fully saturated rings. The minimum atomic E-state index is -0.544. The molecule has 0 heterocycles. The maximum atomic E-state index is 13.1. The number of para-hydroxylation sites is 1. The normalized spacial score (nSPS) is 12.8. The van der Waals surface area contributed by atoms with Crippen molar-refractivity contribution >= 4 is 5.91 Å². The van der Waals surface area contributed by atoms with Gasteiger partial charge in [-0.15, -0.1) is 0 Å². The van der Waals surface area contributed by atoms with Crippen LogP contribution in [0.1, 0.15) is 41.6 Å². The lowest BCUT2D eigenvalue weighted by Gasteiger charge is -2.24. The first-order chi connectivity index (χ1) is 13.6. The van der Waals surface area contributed by atoms with E-state index < -0.39 is 6.10 Å². The fourth-order valence-corrected chi connectivity index (χ4v) is 3.16. The van der Waals surface area contributed by atoms with E-state index in [1.54, 1.807) is 0 Å². The number of carbonyl (C=O) groups is 1. The van der Waals surface area contributed by atoms with Gasteiger partial charge < -0.3 is 10.1 Å². The first kappa shape index (κ1) is 19.7. The smallest absolute Gasteiger partial charge is 0.261 e. The Kier molecular flexibility index (Phi) is 6.49. The second-order valence-electron chi connectivity index (χ2n) is 7.04. The highest BCUT2D eigenvalue weighted by Gasteiger charge is 2.24. The molecule has 28 heavy (non-hydrogen) atoms. The van der Waals surface area contributed by atoms with Crippen LogP contribution in [-0.2, 0) is 4.79 Å². The Balaban J connectivity index is 1.83. The van der Waals surface area contributed by atoms with Crippen LogP contribution in [0.2, 0.25) is 0 Å². The Hall–Kier alpha value is -3.07. The SMILES string of the molecule is CC[C@@H](Oc1ccccc1C)C(=O)N[C@H](c1ccccc1)c1ccc(C)cc1. The summed E-state index contributed by atoms with van der Waals surface area (Å²) in [6, 6.07) is 25.9. The summed E-state index contributed by atoms with van der Waals surface area (Å²) in [6.45, 7) is 6.01. The maximum Gasteiger partial charge on any atom is 0.261 e. The number of amides is 1. The molecule has 0 unspecified atom stereocenters. The van der Waals surface area contributed by atoms with Gasteiger partial charge in [-0.2, -0.15) is 0 Å². The lowest BCUT2D eigenvalue weighted by atomic mass is 9.97. The van der Waals surface area contributed by atoms with Gasteiger partial charge in [0.15, 0.2) is 6.10 Å².